The van der Waals surface area contributed by atoms with Crippen molar-refractivity contribution in [2.75, 3.05) is 33.3 Å². The number of aliphatic carboxylic acids is 1. The van der Waals surface area contributed by atoms with Crippen molar-refractivity contribution in [1.82, 2.24) is 47.9 Å². The van der Waals surface area contributed by atoms with Crippen LogP contribution < -0.4 is 76.5 Å². The summed E-state index contributed by atoms with van der Waals surface area (Å²) in [7, 11) is 1.51. The molecule has 0 aliphatic rings. The Morgan fingerprint density at radius 1 is 0.506 bits per heavy atom. The van der Waals surface area contributed by atoms with Gasteiger partial charge in [0, 0.05) is 25.9 Å². The van der Waals surface area contributed by atoms with Crippen molar-refractivity contribution in [3.05, 3.63) is 59.7 Å². The summed E-state index contributed by atoms with van der Waals surface area (Å²) in [4.78, 5) is 143. The molecule has 0 aromatic heterocycles. The van der Waals surface area contributed by atoms with Crippen LogP contribution in [0.2, 0.25) is 0 Å². The lowest BCUT2D eigenvalue weighted by atomic mass is 9.99. The van der Waals surface area contributed by atoms with E-state index in [1.165, 1.54) is 55.6 Å². The molecule has 0 fully saturated rings. The first-order chi connectivity index (χ1) is 38.1. The summed E-state index contributed by atoms with van der Waals surface area (Å²) in [6.45, 7) is 5.42. The predicted molar refractivity (Wildman–Crippen MR) is 296 cm³/mol. The molecule has 9 amide bonds. The molecule has 0 radical (unpaired) electrons. The first kappa shape index (κ1) is 68.3. The largest absolute Gasteiger partial charge is 0.508 e. The number of amides is 9. The topological polar surface area (TPSA) is 515 Å². The Balaban J connectivity index is 2.56. The van der Waals surface area contributed by atoms with Gasteiger partial charge in [-0.25, -0.2) is 4.79 Å². The molecule has 0 spiro atoms. The number of nitrogens with zero attached hydrogens (tertiary/aromatic N) is 2. The van der Waals surface area contributed by atoms with Crippen LogP contribution in [0.1, 0.15) is 77.3 Å². The second-order valence-corrected chi connectivity index (χ2v) is 19.7. The van der Waals surface area contributed by atoms with E-state index in [1.54, 1.807) is 27.7 Å². The van der Waals surface area contributed by atoms with Crippen LogP contribution >= 0.6 is 0 Å². The number of phenolic OH excluding ortho intramolecular Hbond substituents is 2. The van der Waals surface area contributed by atoms with E-state index in [2.05, 4.69) is 57.8 Å². The molecule has 30 nitrogen and oxygen atoms in total. The summed E-state index contributed by atoms with van der Waals surface area (Å²) < 4.78 is 0. The molecule has 2 aromatic carbocycles. The summed E-state index contributed by atoms with van der Waals surface area (Å²) in [5.74, 6) is -11.5. The lowest BCUT2D eigenvalue weighted by molar-refractivity contribution is -0.143. The van der Waals surface area contributed by atoms with E-state index in [-0.39, 0.29) is 93.9 Å². The minimum atomic E-state index is -1.73. The van der Waals surface area contributed by atoms with Gasteiger partial charge >= 0.3 is 5.97 Å². The van der Waals surface area contributed by atoms with Crippen LogP contribution in [0.5, 0.6) is 11.5 Å². The number of nitrogens with two attached hydrogens (primary N) is 5. The lowest BCUT2D eigenvalue weighted by Gasteiger charge is -2.29. The second kappa shape index (κ2) is 34.9. The number of aliphatic hydroxyl groups is 1. The van der Waals surface area contributed by atoms with Gasteiger partial charge < -0.3 is 96.9 Å². The first-order valence-electron chi connectivity index (χ1n) is 26.0. The van der Waals surface area contributed by atoms with E-state index >= 15 is 0 Å². The van der Waals surface area contributed by atoms with Crippen LogP contribution in [-0.2, 0) is 60.8 Å². The van der Waals surface area contributed by atoms with Gasteiger partial charge in [-0.1, -0.05) is 52.0 Å². The highest BCUT2D eigenvalue weighted by molar-refractivity contribution is 5.99. The van der Waals surface area contributed by atoms with Gasteiger partial charge in [0.15, 0.2) is 11.9 Å². The smallest absolute Gasteiger partial charge is 0.328 e. The molecule has 0 aliphatic heterocycles. The number of rotatable bonds is 36. The van der Waals surface area contributed by atoms with Gasteiger partial charge in [0.1, 0.15) is 59.8 Å². The molecule has 0 bridgehead atoms. The number of aromatic hydroxyl groups is 2. The van der Waals surface area contributed by atoms with Gasteiger partial charge in [-0.15, -0.1) is 0 Å². The third-order valence-corrected chi connectivity index (χ3v) is 12.0. The molecular formula is C51H80N16O14. The van der Waals surface area contributed by atoms with Crippen molar-refractivity contribution in [2.24, 2.45) is 50.5 Å². The Bertz CT molecular complexity index is 2500. The van der Waals surface area contributed by atoms with Crippen molar-refractivity contribution >= 4 is 71.1 Å². The molecule has 448 valence electrons. The van der Waals surface area contributed by atoms with E-state index in [0.29, 0.717) is 11.1 Å². The number of hydrogen-bond acceptors (Lipinski definition) is 16. The molecule has 0 unspecified atom stereocenters. The van der Waals surface area contributed by atoms with E-state index < -0.39 is 126 Å². The third-order valence-electron chi connectivity index (χ3n) is 12.0. The summed E-state index contributed by atoms with van der Waals surface area (Å²) in [6, 6.07) is -0.687. The highest BCUT2D eigenvalue weighted by atomic mass is 16.4. The highest BCUT2D eigenvalue weighted by Gasteiger charge is 2.36. The Morgan fingerprint density at radius 2 is 0.889 bits per heavy atom. The fraction of sp³-hybridized carbons (Fsp3) is 0.529. The normalized spacial score (nSPS) is 13.9. The molecule has 8 atom stereocenters. The number of carbonyl (C=O) groups excluding carboxylic acids is 9. The molecule has 0 saturated heterocycles. The first-order valence-corrected chi connectivity index (χ1v) is 26.0. The maximum atomic E-state index is 14.6. The fourth-order valence-corrected chi connectivity index (χ4v) is 7.82. The van der Waals surface area contributed by atoms with E-state index in [9.17, 15) is 68.4 Å². The zero-order valence-electron chi connectivity index (χ0n) is 46.0. The number of aliphatic hydroxyl groups excluding tert-OH is 1. The molecule has 2 aromatic rings. The standard InChI is InChI=1S/C51H80N16O14/c1-26(2)20-34(63-47(78)37(23-39(52)71)65-45(76)35(60-40(72)24-57-5)21-28-10-14-30(69)15-11-28)44(75)64-36(22-29-12-16-31(70)17-13-29)46(77)61-33(9-7-19-59-51(55)56)43(74)67-41(27(3)4)48(79)62-32(8-6-18-58-50(53)54)42(73)66-38(25-68)49(80)81/h10-17,26-27,32-38,41,57,68-70H,6-9,18-25H2,1-5H3,(H2,52,71)(H,60,72)(H,61,77)(H,62,79)(H,63,78)(H,64,75)(H,65,76)(H,66,73)(H,67,74)(H,80,81)(H4,53,54,58)(H4,55,56,59)/t32-,33-,34-,35-,36-,37-,38-,41-/m0/s1. The summed E-state index contributed by atoms with van der Waals surface area (Å²) >= 11 is 0. The number of carboxylic acids is 1. The van der Waals surface area contributed by atoms with Crippen molar-refractivity contribution in [3.63, 3.8) is 0 Å². The molecule has 81 heavy (non-hydrogen) atoms. The Hall–Kier alpha value is -8.80. The van der Waals surface area contributed by atoms with Gasteiger partial charge in [0.05, 0.1) is 19.6 Å². The number of hydrogen-bond donors (Lipinski definition) is 18. The number of primary amides is 1. The van der Waals surface area contributed by atoms with Gasteiger partial charge in [-0.2, -0.15) is 0 Å². The summed E-state index contributed by atoms with van der Waals surface area (Å²) in [5, 5.41) is 61.6. The Labute approximate surface area is 468 Å². The Kier molecular flexibility index (Phi) is 29.5. The number of phenols is 2. The van der Waals surface area contributed by atoms with Gasteiger partial charge in [0.2, 0.25) is 53.2 Å². The maximum Gasteiger partial charge on any atom is 0.328 e. The Morgan fingerprint density at radius 3 is 1.31 bits per heavy atom. The zero-order chi connectivity index (χ0) is 60.9. The molecular weight excluding hydrogens is 1060 g/mol. The van der Waals surface area contributed by atoms with Crippen molar-refractivity contribution in [3.8, 4) is 11.5 Å². The van der Waals surface area contributed by atoms with E-state index in [1.807, 2.05) is 0 Å². The average molecular weight is 1140 g/mol. The van der Waals surface area contributed by atoms with Crippen molar-refractivity contribution in [2.45, 2.75) is 127 Å². The minimum absolute atomic E-state index is 0.0138. The number of carboxylic acid groups (broad SMARTS) is 1. The summed E-state index contributed by atoms with van der Waals surface area (Å²) in [5.41, 5.74) is 28.3. The van der Waals surface area contributed by atoms with Crippen LogP contribution in [0.3, 0.4) is 0 Å². The average Bonchev–Trinajstić information content (AvgIpc) is 3.40. The quantitative estimate of drug-likeness (QED) is 0.0172. The van der Waals surface area contributed by atoms with E-state index in [0.717, 1.165) is 0 Å². The molecule has 0 saturated carbocycles. The van der Waals surface area contributed by atoms with Crippen LogP contribution in [0, 0.1) is 11.8 Å². The van der Waals surface area contributed by atoms with E-state index in [4.69, 9.17) is 28.7 Å². The van der Waals surface area contributed by atoms with Crippen LogP contribution in [0.15, 0.2) is 58.5 Å². The predicted octanol–water partition coefficient (Wildman–Crippen LogP) is -5.26. The van der Waals surface area contributed by atoms with Crippen molar-refractivity contribution in [1.29, 1.82) is 0 Å². The highest BCUT2D eigenvalue weighted by Crippen LogP contribution is 2.16. The van der Waals surface area contributed by atoms with Gasteiger partial charge in [-0.05, 0) is 86.4 Å². The number of benzene rings is 2. The molecule has 2 rings (SSSR count). The molecule has 30 heteroatoms. The van der Waals surface area contributed by atoms with Crippen molar-refractivity contribution < 1.29 is 68.4 Å². The second-order valence-electron chi connectivity index (χ2n) is 19.7. The number of carbonyl (C=O) groups is 10. The molecule has 0 aliphatic carbocycles. The maximum absolute atomic E-state index is 14.6. The summed E-state index contributed by atoms with van der Waals surface area (Å²) in [6.07, 6.45) is -1.32. The molecule has 23 N–H and O–H groups in total. The SMILES string of the molecule is CNCC(=O)N[C@@H](Cc1ccc(O)cc1)C(=O)N[C@@H](CC(N)=O)C(=O)N[C@@H](CC(C)C)C(=O)N[C@@H](Cc1ccc(O)cc1)C(=O)N[C@@H](CCCN=C(N)N)C(=O)N[C@H](C(=O)N[C@@H](CCCN=C(N)N)C(=O)N[C@@H](CO)C(=O)O)C(C)C. The number of aliphatic imine (C=N–C) groups is 2. The monoisotopic (exact) mass is 1140 g/mol. The van der Waals surface area contributed by atoms with Crippen LogP contribution in [-0.4, -0.2) is 173 Å². The third kappa shape index (κ3) is 26.1. The zero-order valence-corrected chi connectivity index (χ0v) is 46.0. The minimum Gasteiger partial charge on any atom is -0.508 e. The van der Waals surface area contributed by atoms with Crippen LogP contribution in [0.25, 0.3) is 0 Å². The lowest BCUT2D eigenvalue weighted by Crippen LogP contribution is -2.61. The number of likely N-dealkylation sites (N-methyl/N-ethyl adjacent to an activating group) is 1. The fourth-order valence-electron chi connectivity index (χ4n) is 7.82. The number of nitrogens with one attached hydrogen (secondary N) is 9. The number of guanidine groups is 2. The van der Waals surface area contributed by atoms with Gasteiger partial charge in [0.25, 0.3) is 0 Å². The van der Waals surface area contributed by atoms with Crippen LogP contribution in [0.4, 0.5) is 0 Å². The van der Waals surface area contributed by atoms with Gasteiger partial charge in [-0.3, -0.25) is 53.1 Å². The molecule has 0 heterocycles.